The van der Waals surface area contributed by atoms with Gasteiger partial charge in [-0.15, -0.1) is 0 Å². The van der Waals surface area contributed by atoms with Gasteiger partial charge < -0.3 is 14.8 Å². The second-order valence-electron chi connectivity index (χ2n) is 4.68. The van der Waals surface area contributed by atoms with Crippen LogP contribution in [0.5, 0.6) is 5.88 Å². The molecule has 120 valence electrons. The first-order chi connectivity index (χ1) is 11.1. The van der Waals surface area contributed by atoms with E-state index >= 15 is 0 Å². The zero-order valence-electron chi connectivity index (χ0n) is 12.9. The van der Waals surface area contributed by atoms with E-state index in [-0.39, 0.29) is 12.1 Å². The van der Waals surface area contributed by atoms with E-state index in [4.69, 9.17) is 9.47 Å². The van der Waals surface area contributed by atoms with Gasteiger partial charge in [-0.2, -0.15) is 0 Å². The summed E-state index contributed by atoms with van der Waals surface area (Å²) in [7, 11) is 2.79. The summed E-state index contributed by atoms with van der Waals surface area (Å²) in [5.74, 6) is -0.506. The Labute approximate surface area is 133 Å². The maximum absolute atomic E-state index is 12.1. The largest absolute Gasteiger partial charge is 0.481 e. The van der Waals surface area contributed by atoms with Crippen molar-refractivity contribution in [2.24, 2.45) is 0 Å². The van der Waals surface area contributed by atoms with E-state index in [9.17, 15) is 9.59 Å². The third-order valence-corrected chi connectivity index (χ3v) is 3.14. The quantitative estimate of drug-likeness (QED) is 0.800. The van der Waals surface area contributed by atoms with Crippen LogP contribution in [0.2, 0.25) is 0 Å². The Balaban J connectivity index is 2.10. The first kappa shape index (κ1) is 16.4. The van der Waals surface area contributed by atoms with E-state index in [0.717, 1.165) is 5.56 Å². The van der Waals surface area contributed by atoms with Gasteiger partial charge >= 0.3 is 5.97 Å². The number of nitrogens with zero attached hydrogens (tertiary/aromatic N) is 2. The summed E-state index contributed by atoms with van der Waals surface area (Å²) in [6, 6.07) is 7.60. The summed E-state index contributed by atoms with van der Waals surface area (Å²) in [4.78, 5) is 32.1. The maximum Gasteiger partial charge on any atom is 0.328 e. The van der Waals surface area contributed by atoms with Crippen LogP contribution in [0.1, 0.15) is 16.1 Å². The number of rotatable bonds is 6. The van der Waals surface area contributed by atoms with Crippen molar-refractivity contribution in [3.63, 3.8) is 0 Å². The SMILES string of the molecule is COC(=O)[C@@H](Cc1ccc(OC)nc1)NC(=O)c1ccccn1. The highest BCUT2D eigenvalue weighted by atomic mass is 16.5. The summed E-state index contributed by atoms with van der Waals surface area (Å²) in [6.45, 7) is 0. The van der Waals surface area contributed by atoms with Crippen molar-refractivity contribution in [2.75, 3.05) is 14.2 Å². The lowest BCUT2D eigenvalue weighted by Gasteiger charge is -2.16. The van der Waals surface area contributed by atoms with E-state index in [0.29, 0.717) is 5.88 Å². The molecule has 0 radical (unpaired) electrons. The molecule has 2 aromatic heterocycles. The van der Waals surface area contributed by atoms with E-state index < -0.39 is 17.9 Å². The molecule has 0 aromatic carbocycles. The lowest BCUT2D eigenvalue weighted by atomic mass is 10.1. The summed E-state index contributed by atoms with van der Waals surface area (Å²) in [5, 5.41) is 2.63. The van der Waals surface area contributed by atoms with Gasteiger partial charge in [-0.1, -0.05) is 12.1 Å². The van der Waals surface area contributed by atoms with E-state index in [1.807, 2.05) is 0 Å². The number of nitrogens with one attached hydrogen (secondary N) is 1. The van der Waals surface area contributed by atoms with Crippen LogP contribution in [0.4, 0.5) is 0 Å². The van der Waals surface area contributed by atoms with Gasteiger partial charge in [0, 0.05) is 24.9 Å². The standard InChI is InChI=1S/C16H17N3O4/c1-22-14-7-6-11(10-18-14)9-13(16(21)23-2)19-15(20)12-5-3-4-8-17-12/h3-8,10,13H,9H2,1-2H3,(H,19,20)/t13-/m1/s1. The third kappa shape index (κ3) is 4.50. The molecule has 0 aliphatic carbocycles. The summed E-state index contributed by atoms with van der Waals surface area (Å²) < 4.78 is 9.73. The smallest absolute Gasteiger partial charge is 0.328 e. The first-order valence-corrected chi connectivity index (χ1v) is 6.92. The van der Waals surface area contributed by atoms with Gasteiger partial charge in [0.2, 0.25) is 5.88 Å². The highest BCUT2D eigenvalue weighted by molar-refractivity contribution is 5.95. The molecule has 7 heteroatoms. The Kier molecular flexibility index (Phi) is 5.62. The Morgan fingerprint density at radius 1 is 1.17 bits per heavy atom. The number of carbonyl (C=O) groups is 2. The number of ether oxygens (including phenoxy) is 2. The van der Waals surface area contributed by atoms with Gasteiger partial charge in [0.05, 0.1) is 14.2 Å². The molecular weight excluding hydrogens is 298 g/mol. The van der Waals surface area contributed by atoms with Crippen LogP contribution in [-0.4, -0.2) is 42.1 Å². The summed E-state index contributed by atoms with van der Waals surface area (Å²) in [5.41, 5.74) is 0.997. The van der Waals surface area contributed by atoms with Crippen molar-refractivity contribution >= 4 is 11.9 Å². The maximum atomic E-state index is 12.1. The second-order valence-corrected chi connectivity index (χ2v) is 4.68. The number of esters is 1. The second kappa shape index (κ2) is 7.88. The molecule has 0 unspecified atom stereocenters. The van der Waals surface area contributed by atoms with E-state index in [1.54, 1.807) is 36.5 Å². The summed E-state index contributed by atoms with van der Waals surface area (Å²) >= 11 is 0. The van der Waals surface area contributed by atoms with Crippen molar-refractivity contribution < 1.29 is 19.1 Å². The Bertz CT molecular complexity index is 659. The van der Waals surface area contributed by atoms with Crippen molar-refractivity contribution in [3.05, 3.63) is 54.0 Å². The minimum atomic E-state index is -0.829. The molecule has 0 saturated heterocycles. The summed E-state index contributed by atoms with van der Waals surface area (Å²) in [6.07, 6.45) is 3.35. The lowest BCUT2D eigenvalue weighted by Crippen LogP contribution is -2.43. The fraction of sp³-hybridized carbons (Fsp3) is 0.250. The minimum absolute atomic E-state index is 0.231. The van der Waals surface area contributed by atoms with Gasteiger partial charge in [0.1, 0.15) is 11.7 Å². The number of hydrogen-bond donors (Lipinski definition) is 1. The van der Waals surface area contributed by atoms with Gasteiger partial charge in [-0.3, -0.25) is 9.78 Å². The molecule has 0 fully saturated rings. The highest BCUT2D eigenvalue weighted by Crippen LogP contribution is 2.10. The van der Waals surface area contributed by atoms with Crippen LogP contribution in [0.25, 0.3) is 0 Å². The van der Waals surface area contributed by atoms with Crippen LogP contribution in [0.3, 0.4) is 0 Å². The topological polar surface area (TPSA) is 90.4 Å². The van der Waals surface area contributed by atoms with Gasteiger partial charge in [-0.05, 0) is 17.7 Å². The van der Waals surface area contributed by atoms with Crippen molar-refractivity contribution in [2.45, 2.75) is 12.5 Å². The molecule has 1 atom stereocenters. The normalized spacial score (nSPS) is 11.4. The number of pyridine rings is 2. The van der Waals surface area contributed by atoms with Crippen LogP contribution in [0, 0.1) is 0 Å². The molecule has 2 aromatic rings. The Morgan fingerprint density at radius 3 is 2.57 bits per heavy atom. The molecule has 2 heterocycles. The fourth-order valence-corrected chi connectivity index (χ4v) is 1.95. The number of carbonyl (C=O) groups excluding carboxylic acids is 2. The molecule has 0 aliphatic rings. The molecular formula is C16H17N3O4. The number of amides is 1. The highest BCUT2D eigenvalue weighted by Gasteiger charge is 2.23. The lowest BCUT2D eigenvalue weighted by molar-refractivity contribution is -0.142. The number of aromatic nitrogens is 2. The van der Waals surface area contributed by atoms with Gasteiger partial charge in [0.15, 0.2) is 0 Å². The van der Waals surface area contributed by atoms with Crippen molar-refractivity contribution in [1.29, 1.82) is 0 Å². The van der Waals surface area contributed by atoms with Gasteiger partial charge in [-0.25, -0.2) is 9.78 Å². The van der Waals surface area contributed by atoms with E-state index in [2.05, 4.69) is 15.3 Å². The monoisotopic (exact) mass is 315 g/mol. The molecule has 0 saturated carbocycles. The predicted molar refractivity (Wildman–Crippen MR) is 82.0 cm³/mol. The minimum Gasteiger partial charge on any atom is -0.481 e. The number of hydrogen-bond acceptors (Lipinski definition) is 6. The van der Waals surface area contributed by atoms with E-state index in [1.165, 1.54) is 20.4 Å². The Hall–Kier alpha value is -2.96. The Morgan fingerprint density at radius 2 is 2.00 bits per heavy atom. The van der Waals surface area contributed by atoms with Crippen LogP contribution in [-0.2, 0) is 16.0 Å². The van der Waals surface area contributed by atoms with Crippen molar-refractivity contribution in [1.82, 2.24) is 15.3 Å². The zero-order valence-corrected chi connectivity index (χ0v) is 12.9. The molecule has 0 bridgehead atoms. The third-order valence-electron chi connectivity index (χ3n) is 3.14. The average molecular weight is 315 g/mol. The van der Waals surface area contributed by atoms with Crippen molar-refractivity contribution in [3.8, 4) is 5.88 Å². The molecule has 2 rings (SSSR count). The molecule has 0 spiro atoms. The molecule has 1 N–H and O–H groups in total. The predicted octanol–water partition coefficient (Wildman–Crippen LogP) is 0.999. The average Bonchev–Trinajstić information content (AvgIpc) is 2.61. The van der Waals surface area contributed by atoms with Crippen LogP contribution < -0.4 is 10.1 Å². The molecule has 7 nitrogen and oxygen atoms in total. The first-order valence-electron chi connectivity index (χ1n) is 6.92. The zero-order chi connectivity index (χ0) is 16.7. The van der Waals surface area contributed by atoms with Crippen LogP contribution >= 0.6 is 0 Å². The van der Waals surface area contributed by atoms with Crippen LogP contribution in [0.15, 0.2) is 42.7 Å². The molecule has 23 heavy (non-hydrogen) atoms. The molecule has 1 amide bonds. The van der Waals surface area contributed by atoms with Gasteiger partial charge in [0.25, 0.3) is 5.91 Å². The number of methoxy groups -OCH3 is 2. The fourth-order valence-electron chi connectivity index (χ4n) is 1.95. The molecule has 0 aliphatic heterocycles.